The number of aromatic amines is 1. The number of para-hydroxylation sites is 1. The second-order valence-corrected chi connectivity index (χ2v) is 8.59. The van der Waals surface area contributed by atoms with Gasteiger partial charge in [0.1, 0.15) is 18.1 Å². The van der Waals surface area contributed by atoms with Gasteiger partial charge in [-0.1, -0.05) is 32.0 Å². The van der Waals surface area contributed by atoms with Gasteiger partial charge in [-0.05, 0) is 24.0 Å². The molecule has 0 aliphatic rings. The summed E-state index contributed by atoms with van der Waals surface area (Å²) in [6.07, 6.45) is 2.02. The van der Waals surface area contributed by atoms with Crippen LogP contribution in [0.25, 0.3) is 10.9 Å². The third kappa shape index (κ3) is 6.95. The maximum atomic E-state index is 12.8. The molecule has 0 spiro atoms. The number of aliphatic carboxylic acids is 1. The summed E-state index contributed by atoms with van der Waals surface area (Å²) in [6.45, 7) is 2.51. The van der Waals surface area contributed by atoms with E-state index in [2.05, 4.69) is 33.6 Å². The molecule has 34 heavy (non-hydrogen) atoms. The number of aromatic nitrogens is 1. The zero-order chi connectivity index (χ0) is 25.4. The third-order valence-corrected chi connectivity index (χ3v) is 5.68. The summed E-state index contributed by atoms with van der Waals surface area (Å²) in [5.41, 5.74) is 7.85. The van der Waals surface area contributed by atoms with Crippen molar-refractivity contribution in [3.8, 4) is 0 Å². The molecular formula is C22H31N5O6S. The minimum atomic E-state index is -1.51. The Morgan fingerprint density at radius 1 is 1.03 bits per heavy atom. The molecule has 1 aromatic carbocycles. The number of carboxylic acids is 1. The van der Waals surface area contributed by atoms with Gasteiger partial charge in [-0.15, -0.1) is 0 Å². The van der Waals surface area contributed by atoms with Crippen molar-refractivity contribution >= 4 is 47.2 Å². The van der Waals surface area contributed by atoms with Gasteiger partial charge in [0.2, 0.25) is 17.7 Å². The first-order valence-corrected chi connectivity index (χ1v) is 11.4. The summed E-state index contributed by atoms with van der Waals surface area (Å²) in [6, 6.07) is 2.99. The number of thiol groups is 1. The molecule has 4 unspecified atom stereocenters. The van der Waals surface area contributed by atoms with Crippen LogP contribution in [0, 0.1) is 5.92 Å². The van der Waals surface area contributed by atoms with Gasteiger partial charge in [0.05, 0.1) is 12.6 Å². The van der Waals surface area contributed by atoms with Crippen molar-refractivity contribution in [2.45, 2.75) is 44.4 Å². The Morgan fingerprint density at radius 2 is 1.68 bits per heavy atom. The van der Waals surface area contributed by atoms with Crippen LogP contribution in [0.15, 0.2) is 30.5 Å². The number of aliphatic hydroxyl groups is 1. The number of hydrogen-bond acceptors (Lipinski definition) is 7. The molecule has 3 amide bonds. The van der Waals surface area contributed by atoms with Gasteiger partial charge >= 0.3 is 5.97 Å². The van der Waals surface area contributed by atoms with E-state index in [1.165, 1.54) is 0 Å². The molecule has 2 rings (SSSR count). The molecule has 0 bridgehead atoms. The van der Waals surface area contributed by atoms with E-state index in [9.17, 15) is 19.2 Å². The van der Waals surface area contributed by atoms with Crippen molar-refractivity contribution in [1.29, 1.82) is 0 Å². The molecule has 4 atom stereocenters. The Kier molecular flexibility index (Phi) is 9.90. The summed E-state index contributed by atoms with van der Waals surface area (Å²) < 4.78 is 0. The fourth-order valence-electron chi connectivity index (χ4n) is 3.34. The molecule has 0 radical (unpaired) electrons. The van der Waals surface area contributed by atoms with Crippen molar-refractivity contribution in [3.05, 3.63) is 36.0 Å². The number of carbonyl (C=O) groups is 4. The first kappa shape index (κ1) is 27.2. The van der Waals surface area contributed by atoms with Crippen LogP contribution in [0.4, 0.5) is 0 Å². The van der Waals surface area contributed by atoms with Gasteiger partial charge in [0, 0.05) is 22.9 Å². The summed E-state index contributed by atoms with van der Waals surface area (Å²) in [5, 5.41) is 26.3. The quantitative estimate of drug-likeness (QED) is 0.177. The predicted octanol–water partition coefficient (Wildman–Crippen LogP) is -0.845. The van der Waals surface area contributed by atoms with E-state index in [0.717, 1.165) is 16.5 Å². The summed E-state index contributed by atoms with van der Waals surface area (Å²) >= 11 is 4.13. The molecule has 0 saturated heterocycles. The SMILES string of the molecule is CC(C)C(NC(=O)C(CS)NC(=O)C(N)Cc1c[nH]c2ccccc12)C(=O)NC(CO)C(=O)O. The smallest absolute Gasteiger partial charge is 0.328 e. The Hall–Kier alpha value is -3.09. The van der Waals surface area contributed by atoms with Crippen LogP contribution in [0.5, 0.6) is 0 Å². The number of fused-ring (bicyclic) bond motifs is 1. The van der Waals surface area contributed by atoms with E-state index in [1.54, 1.807) is 20.0 Å². The lowest BCUT2D eigenvalue weighted by molar-refractivity contribution is -0.143. The highest BCUT2D eigenvalue weighted by molar-refractivity contribution is 7.80. The molecule has 186 valence electrons. The monoisotopic (exact) mass is 493 g/mol. The molecule has 1 heterocycles. The van der Waals surface area contributed by atoms with E-state index in [1.807, 2.05) is 24.3 Å². The Morgan fingerprint density at radius 3 is 2.26 bits per heavy atom. The Labute approximate surface area is 202 Å². The lowest BCUT2D eigenvalue weighted by Gasteiger charge is -2.26. The van der Waals surface area contributed by atoms with Crippen LogP contribution in [-0.2, 0) is 25.6 Å². The number of carbonyl (C=O) groups excluding carboxylic acids is 3. The Balaban J connectivity index is 2.01. The number of hydrogen-bond donors (Lipinski definition) is 8. The predicted molar refractivity (Wildman–Crippen MR) is 129 cm³/mol. The number of nitrogens with two attached hydrogens (primary N) is 1. The van der Waals surface area contributed by atoms with E-state index in [0.29, 0.717) is 0 Å². The lowest BCUT2D eigenvalue weighted by Crippen LogP contribution is -2.59. The molecule has 0 aliphatic heterocycles. The van der Waals surface area contributed by atoms with Gasteiger partial charge < -0.3 is 36.9 Å². The van der Waals surface area contributed by atoms with Gasteiger partial charge in [0.25, 0.3) is 0 Å². The van der Waals surface area contributed by atoms with Gasteiger partial charge in [-0.3, -0.25) is 14.4 Å². The van der Waals surface area contributed by atoms with E-state index in [4.69, 9.17) is 15.9 Å². The normalized spacial score (nSPS) is 14.8. The number of rotatable bonds is 12. The minimum Gasteiger partial charge on any atom is -0.480 e. The van der Waals surface area contributed by atoms with Crippen LogP contribution in [-0.4, -0.2) is 75.4 Å². The molecule has 12 heteroatoms. The van der Waals surface area contributed by atoms with Crippen molar-refractivity contribution in [1.82, 2.24) is 20.9 Å². The second-order valence-electron chi connectivity index (χ2n) is 8.23. The fourth-order valence-corrected chi connectivity index (χ4v) is 3.60. The van der Waals surface area contributed by atoms with Gasteiger partial charge in [-0.2, -0.15) is 12.6 Å². The van der Waals surface area contributed by atoms with Gasteiger partial charge in [-0.25, -0.2) is 4.79 Å². The van der Waals surface area contributed by atoms with E-state index < -0.39 is 60.4 Å². The van der Waals surface area contributed by atoms with Crippen LogP contribution in [0.2, 0.25) is 0 Å². The van der Waals surface area contributed by atoms with Gasteiger partial charge in [0.15, 0.2) is 0 Å². The molecule has 11 nitrogen and oxygen atoms in total. The number of aliphatic hydroxyl groups excluding tert-OH is 1. The van der Waals surface area contributed by atoms with Crippen LogP contribution < -0.4 is 21.7 Å². The van der Waals surface area contributed by atoms with Crippen LogP contribution >= 0.6 is 12.6 Å². The molecular weight excluding hydrogens is 462 g/mol. The van der Waals surface area contributed by atoms with Crippen molar-refractivity contribution in [2.75, 3.05) is 12.4 Å². The number of carboxylic acid groups (broad SMARTS) is 1. The third-order valence-electron chi connectivity index (χ3n) is 5.31. The second kappa shape index (κ2) is 12.4. The van der Waals surface area contributed by atoms with Crippen LogP contribution in [0.3, 0.4) is 0 Å². The van der Waals surface area contributed by atoms with E-state index in [-0.39, 0.29) is 12.2 Å². The standard InChI is InChI=1S/C22H31N5O6S/c1-11(2)18(21(31)25-16(9-28)22(32)33)27-20(30)17(10-34)26-19(29)14(23)7-12-8-24-15-6-4-3-5-13(12)15/h3-6,8,11,14,16-18,24,28,34H,7,9-10,23H2,1-2H3,(H,25,31)(H,26,29)(H,27,30)(H,32,33). The Bertz CT molecular complexity index is 1030. The van der Waals surface area contributed by atoms with Crippen molar-refractivity contribution in [3.63, 3.8) is 0 Å². The number of benzene rings is 1. The topological polar surface area (TPSA) is 187 Å². The molecule has 0 saturated carbocycles. The largest absolute Gasteiger partial charge is 0.480 e. The zero-order valence-corrected chi connectivity index (χ0v) is 19.8. The molecule has 2 aromatic rings. The first-order chi connectivity index (χ1) is 16.1. The molecule has 1 aromatic heterocycles. The average Bonchev–Trinajstić information content (AvgIpc) is 3.21. The highest BCUT2D eigenvalue weighted by Crippen LogP contribution is 2.18. The number of nitrogens with one attached hydrogen (secondary N) is 4. The molecule has 0 fully saturated rings. The van der Waals surface area contributed by atoms with Crippen molar-refractivity contribution < 1.29 is 29.4 Å². The highest BCUT2D eigenvalue weighted by Gasteiger charge is 2.31. The highest BCUT2D eigenvalue weighted by atomic mass is 32.1. The van der Waals surface area contributed by atoms with Crippen LogP contribution in [0.1, 0.15) is 19.4 Å². The number of amides is 3. The average molecular weight is 494 g/mol. The molecule has 0 aliphatic carbocycles. The molecule has 8 N–H and O–H groups in total. The minimum absolute atomic E-state index is 0.0573. The van der Waals surface area contributed by atoms with Crippen molar-refractivity contribution in [2.24, 2.45) is 11.7 Å². The maximum Gasteiger partial charge on any atom is 0.328 e. The fraction of sp³-hybridized carbons (Fsp3) is 0.455. The summed E-state index contributed by atoms with van der Waals surface area (Å²) in [7, 11) is 0. The first-order valence-electron chi connectivity index (χ1n) is 10.7. The zero-order valence-electron chi connectivity index (χ0n) is 18.9. The summed E-state index contributed by atoms with van der Waals surface area (Å²) in [4.78, 5) is 52.1. The maximum absolute atomic E-state index is 12.8. The van der Waals surface area contributed by atoms with E-state index >= 15 is 0 Å². The lowest BCUT2D eigenvalue weighted by atomic mass is 10.0. The number of H-pyrrole nitrogens is 1. The summed E-state index contributed by atoms with van der Waals surface area (Å²) in [5.74, 6) is -3.88.